The van der Waals surface area contributed by atoms with Crippen LogP contribution in [0.4, 0.5) is 4.79 Å². The van der Waals surface area contributed by atoms with Crippen LogP contribution in [0.25, 0.3) is 0 Å². The largest absolute Gasteiger partial charge is 0.481 e. The molecule has 0 aliphatic heterocycles. The van der Waals surface area contributed by atoms with Gasteiger partial charge in [-0.1, -0.05) is 0 Å². The summed E-state index contributed by atoms with van der Waals surface area (Å²) in [7, 11) is 0. The predicted octanol–water partition coefficient (Wildman–Crippen LogP) is 0.889. The van der Waals surface area contributed by atoms with E-state index in [9.17, 15) is 14.4 Å². The zero-order chi connectivity index (χ0) is 15.2. The van der Waals surface area contributed by atoms with E-state index in [-0.39, 0.29) is 24.0 Å². The van der Waals surface area contributed by atoms with E-state index >= 15 is 0 Å². The van der Waals surface area contributed by atoms with Gasteiger partial charge in [-0.15, -0.1) is 0 Å². The number of hydrogen-bond acceptors (Lipinski definition) is 4. The molecule has 0 heterocycles. The molecule has 1 fully saturated rings. The third kappa shape index (κ3) is 5.68. The molecular weight excluding hydrogens is 284 g/mol. The molecule has 4 N–H and O–H groups in total. The molecule has 0 unspecified atom stereocenters. The van der Waals surface area contributed by atoms with Gasteiger partial charge in [-0.05, 0) is 31.9 Å². The first-order chi connectivity index (χ1) is 9.38. The first-order valence-electron chi connectivity index (χ1n) is 6.43. The third-order valence-corrected chi connectivity index (χ3v) is 4.72. The Morgan fingerprint density at radius 1 is 1.30 bits per heavy atom. The van der Waals surface area contributed by atoms with Gasteiger partial charge in [0, 0.05) is 17.7 Å². The van der Waals surface area contributed by atoms with Gasteiger partial charge in [0.2, 0.25) is 0 Å². The van der Waals surface area contributed by atoms with Gasteiger partial charge in [0.25, 0.3) is 0 Å². The van der Waals surface area contributed by atoms with Crippen molar-refractivity contribution < 1.29 is 24.6 Å². The van der Waals surface area contributed by atoms with Crippen LogP contribution in [0.5, 0.6) is 0 Å². The zero-order valence-corrected chi connectivity index (χ0v) is 12.2. The van der Waals surface area contributed by atoms with Gasteiger partial charge in [-0.3, -0.25) is 4.79 Å². The number of carbonyl (C=O) groups is 3. The normalized spacial score (nSPS) is 17.1. The number of aliphatic carboxylic acids is 2. The highest BCUT2D eigenvalue weighted by Gasteiger charge is 2.42. The van der Waals surface area contributed by atoms with Crippen molar-refractivity contribution in [2.24, 2.45) is 0 Å². The fourth-order valence-electron chi connectivity index (χ4n) is 1.76. The number of thioether (sulfide) groups is 1. The van der Waals surface area contributed by atoms with Crippen LogP contribution in [0, 0.1) is 0 Å². The molecule has 0 aromatic heterocycles. The van der Waals surface area contributed by atoms with Gasteiger partial charge in [0.1, 0.15) is 6.04 Å². The minimum atomic E-state index is -1.16. The summed E-state index contributed by atoms with van der Waals surface area (Å²) in [5.41, 5.74) is 0. The summed E-state index contributed by atoms with van der Waals surface area (Å²) in [6.07, 6.45) is 4.29. The summed E-state index contributed by atoms with van der Waals surface area (Å²) in [6, 6.07) is -1.58. The van der Waals surface area contributed by atoms with Crippen molar-refractivity contribution in [1.29, 1.82) is 0 Å². The Morgan fingerprint density at radius 3 is 2.40 bits per heavy atom. The van der Waals surface area contributed by atoms with Crippen molar-refractivity contribution in [3.05, 3.63) is 0 Å². The van der Waals surface area contributed by atoms with Crippen LogP contribution in [-0.4, -0.2) is 51.8 Å². The van der Waals surface area contributed by atoms with E-state index < -0.39 is 24.0 Å². The van der Waals surface area contributed by atoms with E-state index in [1.54, 1.807) is 11.8 Å². The number of nitrogens with one attached hydrogen (secondary N) is 2. The number of carbonyl (C=O) groups excluding carboxylic acids is 1. The predicted molar refractivity (Wildman–Crippen MR) is 74.9 cm³/mol. The fraction of sp³-hybridized carbons (Fsp3) is 0.750. The molecule has 1 atom stereocenters. The van der Waals surface area contributed by atoms with Gasteiger partial charge in [0.15, 0.2) is 0 Å². The van der Waals surface area contributed by atoms with E-state index in [1.807, 2.05) is 6.26 Å². The fourth-order valence-corrected chi connectivity index (χ4v) is 2.48. The Bertz CT molecular complexity index is 384. The van der Waals surface area contributed by atoms with Gasteiger partial charge in [-0.25, -0.2) is 9.59 Å². The van der Waals surface area contributed by atoms with Crippen molar-refractivity contribution in [3.8, 4) is 0 Å². The molecule has 0 spiro atoms. The smallest absolute Gasteiger partial charge is 0.326 e. The Morgan fingerprint density at radius 2 is 1.95 bits per heavy atom. The number of carboxylic acids is 2. The van der Waals surface area contributed by atoms with E-state index in [0.29, 0.717) is 6.54 Å². The number of carboxylic acid groups (broad SMARTS) is 2. The van der Waals surface area contributed by atoms with Gasteiger partial charge in [-0.2, -0.15) is 11.8 Å². The second kappa shape index (κ2) is 7.37. The molecule has 114 valence electrons. The zero-order valence-electron chi connectivity index (χ0n) is 11.3. The van der Waals surface area contributed by atoms with E-state index in [4.69, 9.17) is 10.2 Å². The van der Waals surface area contributed by atoms with E-state index in [0.717, 1.165) is 12.8 Å². The van der Waals surface area contributed by atoms with E-state index in [2.05, 4.69) is 10.6 Å². The maximum atomic E-state index is 11.6. The number of hydrogen-bond donors (Lipinski definition) is 4. The summed E-state index contributed by atoms with van der Waals surface area (Å²) >= 11 is 1.70. The second-order valence-electron chi connectivity index (χ2n) is 4.89. The van der Waals surface area contributed by atoms with Crippen LogP contribution in [0.1, 0.15) is 32.1 Å². The Balaban J connectivity index is 2.31. The molecule has 1 rings (SSSR count). The molecule has 1 aliphatic rings. The monoisotopic (exact) mass is 304 g/mol. The summed E-state index contributed by atoms with van der Waals surface area (Å²) < 4.78 is 0.110. The lowest BCUT2D eigenvalue weighted by Gasteiger charge is -2.17. The molecule has 20 heavy (non-hydrogen) atoms. The third-order valence-electron chi connectivity index (χ3n) is 3.30. The molecular formula is C12H20N2O5S. The van der Waals surface area contributed by atoms with Crippen LogP contribution < -0.4 is 10.6 Å². The molecule has 8 heteroatoms. The Kier molecular flexibility index (Phi) is 6.12. The molecule has 0 aromatic carbocycles. The summed E-state index contributed by atoms with van der Waals surface area (Å²) in [4.78, 5) is 33.0. The Labute approximate surface area is 121 Å². The average molecular weight is 304 g/mol. The number of rotatable bonds is 9. The van der Waals surface area contributed by atoms with Gasteiger partial charge < -0.3 is 20.8 Å². The molecule has 0 saturated heterocycles. The summed E-state index contributed by atoms with van der Waals surface area (Å²) in [5.74, 6) is -2.13. The molecule has 2 amide bonds. The maximum Gasteiger partial charge on any atom is 0.326 e. The van der Waals surface area contributed by atoms with Crippen LogP contribution in [-0.2, 0) is 9.59 Å². The van der Waals surface area contributed by atoms with Crippen LogP contribution in [0.15, 0.2) is 0 Å². The first-order valence-corrected chi connectivity index (χ1v) is 7.65. The van der Waals surface area contributed by atoms with Crippen LogP contribution >= 0.6 is 11.8 Å². The van der Waals surface area contributed by atoms with Crippen LogP contribution in [0.3, 0.4) is 0 Å². The number of amides is 2. The quantitative estimate of drug-likeness (QED) is 0.503. The Hall–Kier alpha value is -1.44. The van der Waals surface area contributed by atoms with Crippen molar-refractivity contribution >= 4 is 29.7 Å². The minimum Gasteiger partial charge on any atom is -0.481 e. The van der Waals surface area contributed by atoms with Crippen molar-refractivity contribution in [1.82, 2.24) is 10.6 Å². The highest BCUT2D eigenvalue weighted by molar-refractivity contribution is 8.00. The lowest BCUT2D eigenvalue weighted by molar-refractivity contribution is -0.140. The average Bonchev–Trinajstić information content (AvgIpc) is 3.15. The van der Waals surface area contributed by atoms with Crippen LogP contribution in [0.2, 0.25) is 0 Å². The molecule has 0 radical (unpaired) electrons. The summed E-state index contributed by atoms with van der Waals surface area (Å²) in [5, 5.41) is 22.5. The lowest BCUT2D eigenvalue weighted by Crippen LogP contribution is -2.47. The van der Waals surface area contributed by atoms with E-state index in [1.165, 1.54) is 0 Å². The maximum absolute atomic E-state index is 11.6. The van der Waals surface area contributed by atoms with Crippen molar-refractivity contribution in [2.75, 3.05) is 12.8 Å². The molecule has 1 aliphatic carbocycles. The lowest BCUT2D eigenvalue weighted by atomic mass is 10.1. The van der Waals surface area contributed by atoms with Gasteiger partial charge in [0.05, 0.1) is 0 Å². The number of urea groups is 1. The van der Waals surface area contributed by atoms with Crippen molar-refractivity contribution in [2.45, 2.75) is 42.9 Å². The second-order valence-corrected chi connectivity index (χ2v) is 6.17. The SMILES string of the molecule is CSC1(CNC(=O)N[C@H](CCCC(=O)O)C(=O)O)CC1. The first kappa shape index (κ1) is 16.6. The molecule has 7 nitrogen and oxygen atoms in total. The van der Waals surface area contributed by atoms with Gasteiger partial charge >= 0.3 is 18.0 Å². The molecule has 0 aromatic rings. The highest BCUT2D eigenvalue weighted by atomic mass is 32.2. The summed E-state index contributed by atoms with van der Waals surface area (Å²) in [6.45, 7) is 0.515. The minimum absolute atomic E-state index is 0.0999. The topological polar surface area (TPSA) is 116 Å². The molecule has 0 bridgehead atoms. The highest BCUT2D eigenvalue weighted by Crippen LogP contribution is 2.46. The standard InChI is InChI=1S/C12H20N2O5S/c1-20-12(5-6-12)7-13-11(19)14-8(10(17)18)3-2-4-9(15)16/h8H,2-7H2,1H3,(H,15,16)(H,17,18)(H2,13,14,19)/t8-/m1/s1. The molecule has 1 saturated carbocycles. The van der Waals surface area contributed by atoms with Crippen molar-refractivity contribution in [3.63, 3.8) is 0 Å².